The summed E-state index contributed by atoms with van der Waals surface area (Å²) in [5.74, 6) is -4.54. The van der Waals surface area contributed by atoms with E-state index in [1.165, 1.54) is 0 Å². The second-order valence-electron chi connectivity index (χ2n) is 3.78. The molecule has 0 fully saturated rings. The average Bonchev–Trinajstić information content (AvgIpc) is 2.32. The lowest BCUT2D eigenvalue weighted by Crippen LogP contribution is -2.43. The van der Waals surface area contributed by atoms with Gasteiger partial charge in [-0.25, -0.2) is 13.6 Å². The van der Waals surface area contributed by atoms with Crippen LogP contribution in [0.2, 0.25) is 0 Å². The number of halogens is 2. The molecule has 0 aliphatic heterocycles. The Bertz CT molecular complexity index is 534. The Morgan fingerprint density at radius 3 is 2.35 bits per heavy atom. The van der Waals surface area contributed by atoms with Crippen molar-refractivity contribution in [1.82, 2.24) is 4.90 Å². The molecule has 108 valence electrons. The molecule has 1 aromatic carbocycles. The number of amides is 3. The van der Waals surface area contributed by atoms with E-state index in [4.69, 9.17) is 10.8 Å². The first-order valence-electron chi connectivity index (χ1n) is 5.30. The number of urea groups is 1. The highest BCUT2D eigenvalue weighted by Crippen LogP contribution is 2.13. The third-order valence-corrected chi connectivity index (χ3v) is 2.13. The maximum Gasteiger partial charge on any atom is 0.323 e. The highest BCUT2D eigenvalue weighted by molar-refractivity contribution is 5.93. The maximum atomic E-state index is 12.9. The molecule has 0 saturated heterocycles. The third kappa shape index (κ3) is 4.52. The fourth-order valence-corrected chi connectivity index (χ4v) is 1.33. The van der Waals surface area contributed by atoms with Gasteiger partial charge in [0, 0.05) is 11.8 Å². The number of nitrogens with two attached hydrogens (primary N) is 1. The van der Waals surface area contributed by atoms with Crippen LogP contribution in [0.25, 0.3) is 0 Å². The highest BCUT2D eigenvalue weighted by Gasteiger charge is 2.19. The van der Waals surface area contributed by atoms with Crippen LogP contribution in [-0.2, 0) is 9.59 Å². The molecule has 1 rings (SSSR count). The zero-order valence-electron chi connectivity index (χ0n) is 10.1. The van der Waals surface area contributed by atoms with E-state index < -0.39 is 42.6 Å². The Morgan fingerprint density at radius 2 is 1.85 bits per heavy atom. The molecule has 0 unspecified atom stereocenters. The second-order valence-corrected chi connectivity index (χ2v) is 3.78. The first-order valence-corrected chi connectivity index (χ1v) is 5.30. The van der Waals surface area contributed by atoms with Crippen LogP contribution in [0.3, 0.4) is 0 Å². The number of aliphatic carboxylic acids is 1. The fourth-order valence-electron chi connectivity index (χ4n) is 1.33. The van der Waals surface area contributed by atoms with Gasteiger partial charge in [-0.1, -0.05) is 0 Å². The first kappa shape index (κ1) is 15.3. The molecule has 0 aliphatic rings. The molecule has 0 spiro atoms. The van der Waals surface area contributed by atoms with E-state index >= 15 is 0 Å². The smallest absolute Gasteiger partial charge is 0.323 e. The minimum absolute atomic E-state index is 0.0891. The summed E-state index contributed by atoms with van der Waals surface area (Å²) >= 11 is 0. The molecular formula is C11H11F2N3O4. The largest absolute Gasteiger partial charge is 0.480 e. The Hall–Kier alpha value is -2.71. The van der Waals surface area contributed by atoms with Crippen LogP contribution in [0.5, 0.6) is 0 Å². The molecule has 4 N–H and O–H groups in total. The number of hydrogen-bond acceptors (Lipinski definition) is 3. The number of nitrogens with zero attached hydrogens (tertiary/aromatic N) is 1. The Labute approximate surface area is 112 Å². The fraction of sp³-hybridized carbons (Fsp3) is 0.182. The normalized spacial score (nSPS) is 9.90. The van der Waals surface area contributed by atoms with Crippen molar-refractivity contribution >= 4 is 23.6 Å². The zero-order valence-corrected chi connectivity index (χ0v) is 10.1. The molecule has 3 amide bonds. The topological polar surface area (TPSA) is 113 Å². The number of anilines is 1. The molecule has 0 heterocycles. The van der Waals surface area contributed by atoms with Crippen molar-refractivity contribution in [2.45, 2.75) is 0 Å². The van der Waals surface area contributed by atoms with E-state index in [2.05, 4.69) is 5.32 Å². The van der Waals surface area contributed by atoms with Gasteiger partial charge in [-0.2, -0.15) is 0 Å². The molecule has 0 radical (unpaired) electrons. The van der Waals surface area contributed by atoms with Gasteiger partial charge in [0.05, 0.1) is 0 Å². The van der Waals surface area contributed by atoms with E-state index in [1.807, 2.05) is 0 Å². The number of rotatable bonds is 5. The summed E-state index contributed by atoms with van der Waals surface area (Å²) in [5, 5.41) is 10.7. The van der Waals surface area contributed by atoms with Crippen molar-refractivity contribution in [3.05, 3.63) is 29.8 Å². The monoisotopic (exact) mass is 287 g/mol. The number of carboxylic acids is 1. The molecule has 9 heteroatoms. The molecule has 0 aromatic heterocycles. The molecule has 20 heavy (non-hydrogen) atoms. The third-order valence-electron chi connectivity index (χ3n) is 2.13. The standard InChI is InChI=1S/C11H11F2N3O4/c12-7-2-1-6(3-8(7)13)15-11(20)16(4-9(14)17)5-10(18)19/h1-3H,4-5H2,(H2,14,17)(H,15,20)(H,18,19). The van der Waals surface area contributed by atoms with Crippen LogP contribution < -0.4 is 11.1 Å². The maximum absolute atomic E-state index is 12.9. The minimum Gasteiger partial charge on any atom is -0.480 e. The lowest BCUT2D eigenvalue weighted by molar-refractivity contribution is -0.137. The molecule has 0 saturated carbocycles. The summed E-state index contributed by atoms with van der Waals surface area (Å²) in [6.45, 7) is -1.39. The lowest BCUT2D eigenvalue weighted by Gasteiger charge is -2.19. The van der Waals surface area contributed by atoms with Gasteiger partial charge in [0.2, 0.25) is 5.91 Å². The number of benzene rings is 1. The number of primary amides is 1. The number of nitrogens with one attached hydrogen (secondary N) is 1. The number of carbonyl (C=O) groups excluding carboxylic acids is 2. The summed E-state index contributed by atoms with van der Waals surface area (Å²) in [4.78, 5) is 33.6. The molecular weight excluding hydrogens is 276 g/mol. The number of carboxylic acid groups (broad SMARTS) is 1. The van der Waals surface area contributed by atoms with Gasteiger partial charge in [-0.05, 0) is 12.1 Å². The van der Waals surface area contributed by atoms with Gasteiger partial charge in [0.15, 0.2) is 11.6 Å². The predicted octanol–water partition coefficient (Wildman–Crippen LogP) is 0.369. The summed E-state index contributed by atoms with van der Waals surface area (Å²) in [7, 11) is 0. The second kappa shape index (κ2) is 6.45. The van der Waals surface area contributed by atoms with E-state index in [-0.39, 0.29) is 5.69 Å². The summed E-state index contributed by atoms with van der Waals surface area (Å²) in [6, 6.07) is 1.62. The molecule has 0 atom stereocenters. The van der Waals surface area contributed by atoms with Crippen LogP contribution in [0.1, 0.15) is 0 Å². The van der Waals surface area contributed by atoms with Crippen LogP contribution in [0.15, 0.2) is 18.2 Å². The molecule has 1 aromatic rings. The van der Waals surface area contributed by atoms with Crippen LogP contribution in [0.4, 0.5) is 19.3 Å². The SMILES string of the molecule is NC(=O)CN(CC(=O)O)C(=O)Nc1ccc(F)c(F)c1. The van der Waals surface area contributed by atoms with Gasteiger partial charge in [-0.3, -0.25) is 9.59 Å². The molecule has 0 aliphatic carbocycles. The number of carbonyl (C=O) groups is 3. The molecule has 7 nitrogen and oxygen atoms in total. The predicted molar refractivity (Wildman–Crippen MR) is 63.8 cm³/mol. The Kier molecular flexibility index (Phi) is 4.95. The van der Waals surface area contributed by atoms with Gasteiger partial charge >= 0.3 is 12.0 Å². The van der Waals surface area contributed by atoms with Crippen LogP contribution in [0, 0.1) is 11.6 Å². The van der Waals surface area contributed by atoms with Gasteiger partial charge < -0.3 is 21.1 Å². The first-order chi connectivity index (χ1) is 9.29. The van der Waals surface area contributed by atoms with Gasteiger partial charge in [0.1, 0.15) is 13.1 Å². The van der Waals surface area contributed by atoms with E-state index in [0.717, 1.165) is 18.2 Å². The summed E-state index contributed by atoms with van der Waals surface area (Å²) < 4.78 is 25.6. The quantitative estimate of drug-likeness (QED) is 0.726. The van der Waals surface area contributed by atoms with Gasteiger partial charge in [-0.15, -0.1) is 0 Å². The van der Waals surface area contributed by atoms with Crippen molar-refractivity contribution in [2.75, 3.05) is 18.4 Å². The minimum atomic E-state index is -1.35. The van der Waals surface area contributed by atoms with E-state index in [9.17, 15) is 23.2 Å². The van der Waals surface area contributed by atoms with Crippen molar-refractivity contribution in [3.63, 3.8) is 0 Å². The van der Waals surface area contributed by atoms with E-state index in [0.29, 0.717) is 4.90 Å². The van der Waals surface area contributed by atoms with Gasteiger partial charge in [0.25, 0.3) is 0 Å². The summed E-state index contributed by atoms with van der Waals surface area (Å²) in [5.41, 5.74) is 4.79. The highest BCUT2D eigenvalue weighted by atomic mass is 19.2. The Morgan fingerprint density at radius 1 is 1.20 bits per heavy atom. The zero-order chi connectivity index (χ0) is 15.3. The van der Waals surface area contributed by atoms with Crippen molar-refractivity contribution in [2.24, 2.45) is 5.73 Å². The van der Waals surface area contributed by atoms with Crippen molar-refractivity contribution < 1.29 is 28.3 Å². The summed E-state index contributed by atoms with van der Waals surface area (Å²) in [6.07, 6.45) is 0. The van der Waals surface area contributed by atoms with Crippen LogP contribution in [-0.4, -0.2) is 41.0 Å². The van der Waals surface area contributed by atoms with E-state index in [1.54, 1.807) is 0 Å². The molecule has 0 bridgehead atoms. The Balaban J connectivity index is 2.81. The number of hydrogen-bond donors (Lipinski definition) is 3. The van der Waals surface area contributed by atoms with Crippen LogP contribution >= 0.6 is 0 Å². The average molecular weight is 287 g/mol. The van der Waals surface area contributed by atoms with Crippen molar-refractivity contribution in [1.29, 1.82) is 0 Å². The lowest BCUT2D eigenvalue weighted by atomic mass is 10.3. The van der Waals surface area contributed by atoms with Crippen molar-refractivity contribution in [3.8, 4) is 0 Å².